The van der Waals surface area contributed by atoms with Gasteiger partial charge in [0.05, 0.1) is 30.0 Å². The van der Waals surface area contributed by atoms with E-state index in [4.69, 9.17) is 4.42 Å². The summed E-state index contributed by atoms with van der Waals surface area (Å²) in [7, 11) is 0. The van der Waals surface area contributed by atoms with Crippen molar-refractivity contribution in [1.82, 2.24) is 20.0 Å². The Hall–Kier alpha value is -2.08. The Morgan fingerprint density at radius 3 is 2.88 bits per heavy atom. The molecule has 2 aromatic heterocycles. The number of aryl methyl sites for hydroxylation is 2. The molecule has 0 spiro atoms. The Bertz CT molecular complexity index is 717. The molecule has 1 aliphatic rings. The lowest BCUT2D eigenvalue weighted by Crippen LogP contribution is -2.34. The van der Waals surface area contributed by atoms with Crippen molar-refractivity contribution in [2.45, 2.75) is 53.2 Å². The van der Waals surface area contributed by atoms with Crippen molar-refractivity contribution >= 4 is 5.91 Å². The number of unbranched alkanes of at least 4 members (excludes halogenated alkanes) is 1. The Morgan fingerprint density at radius 1 is 1.33 bits per heavy atom. The van der Waals surface area contributed by atoms with Gasteiger partial charge in [-0.1, -0.05) is 13.3 Å². The summed E-state index contributed by atoms with van der Waals surface area (Å²) in [4.78, 5) is 14.7. The van der Waals surface area contributed by atoms with E-state index in [9.17, 15) is 4.79 Å². The van der Waals surface area contributed by atoms with E-state index in [0.717, 1.165) is 37.6 Å². The average molecular weight is 330 g/mol. The number of fused-ring (bicyclic) bond motifs is 1. The van der Waals surface area contributed by atoms with Crippen LogP contribution in [0, 0.1) is 13.8 Å². The molecule has 0 saturated carbocycles. The fourth-order valence-electron chi connectivity index (χ4n) is 3.16. The zero-order valence-corrected chi connectivity index (χ0v) is 14.8. The number of carbonyl (C=O) groups is 1. The van der Waals surface area contributed by atoms with Gasteiger partial charge in [0.25, 0.3) is 5.91 Å². The van der Waals surface area contributed by atoms with Crippen molar-refractivity contribution in [1.29, 1.82) is 0 Å². The van der Waals surface area contributed by atoms with Crippen LogP contribution in [0.1, 0.15) is 53.0 Å². The minimum Gasteiger partial charge on any atom is -0.466 e. The lowest BCUT2D eigenvalue weighted by Gasteiger charge is -2.27. The Labute approximate surface area is 142 Å². The standard InChI is InChI=1S/C18H26N4O2/c1-4-5-6-21-7-8-22-16(12-21)10-15(20-22)11-19-18(23)17-9-13(2)24-14(17)3/h9-10H,4-8,11-12H2,1-3H3,(H,19,23). The summed E-state index contributed by atoms with van der Waals surface area (Å²) >= 11 is 0. The number of carbonyl (C=O) groups excluding carboxylic acids is 1. The van der Waals surface area contributed by atoms with Crippen LogP contribution in [-0.4, -0.2) is 33.7 Å². The predicted octanol–water partition coefficient (Wildman–Crippen LogP) is 2.64. The molecule has 0 atom stereocenters. The monoisotopic (exact) mass is 330 g/mol. The van der Waals surface area contributed by atoms with Crippen LogP contribution in [0.3, 0.4) is 0 Å². The van der Waals surface area contributed by atoms with Crippen molar-refractivity contribution in [2.24, 2.45) is 0 Å². The fourth-order valence-corrected chi connectivity index (χ4v) is 3.16. The normalized spacial score (nSPS) is 14.6. The quantitative estimate of drug-likeness (QED) is 0.884. The first-order valence-corrected chi connectivity index (χ1v) is 8.70. The van der Waals surface area contributed by atoms with E-state index in [1.165, 1.54) is 18.5 Å². The summed E-state index contributed by atoms with van der Waals surface area (Å²) in [5.41, 5.74) is 2.74. The van der Waals surface area contributed by atoms with Crippen molar-refractivity contribution in [3.8, 4) is 0 Å². The van der Waals surface area contributed by atoms with Crippen molar-refractivity contribution < 1.29 is 9.21 Å². The predicted molar refractivity (Wildman–Crippen MR) is 91.8 cm³/mol. The van der Waals surface area contributed by atoms with Gasteiger partial charge in [-0.05, 0) is 38.9 Å². The molecule has 6 nitrogen and oxygen atoms in total. The van der Waals surface area contributed by atoms with Gasteiger partial charge in [0.1, 0.15) is 11.5 Å². The fraction of sp³-hybridized carbons (Fsp3) is 0.556. The van der Waals surface area contributed by atoms with Gasteiger partial charge in [-0.15, -0.1) is 0 Å². The van der Waals surface area contributed by atoms with Gasteiger partial charge in [-0.2, -0.15) is 5.10 Å². The van der Waals surface area contributed by atoms with Gasteiger partial charge in [-0.25, -0.2) is 0 Å². The molecule has 0 aliphatic carbocycles. The lowest BCUT2D eigenvalue weighted by atomic mass is 10.2. The zero-order valence-electron chi connectivity index (χ0n) is 14.8. The highest BCUT2D eigenvalue weighted by Crippen LogP contribution is 2.16. The minimum atomic E-state index is -0.111. The Kier molecular flexibility index (Phi) is 5.04. The number of nitrogens with zero attached hydrogens (tertiary/aromatic N) is 3. The third kappa shape index (κ3) is 3.70. The molecule has 0 bridgehead atoms. The van der Waals surface area contributed by atoms with Crippen LogP contribution in [0.15, 0.2) is 16.5 Å². The molecule has 0 saturated heterocycles. The zero-order chi connectivity index (χ0) is 17.1. The number of hydrogen-bond acceptors (Lipinski definition) is 4. The molecule has 2 aromatic rings. The largest absolute Gasteiger partial charge is 0.466 e. The van der Waals surface area contributed by atoms with E-state index in [-0.39, 0.29) is 5.91 Å². The second kappa shape index (κ2) is 7.21. The van der Waals surface area contributed by atoms with Crippen molar-refractivity contribution in [3.05, 3.63) is 40.6 Å². The van der Waals surface area contributed by atoms with Crippen LogP contribution >= 0.6 is 0 Å². The van der Waals surface area contributed by atoms with E-state index in [1.54, 1.807) is 6.07 Å². The number of furan rings is 1. The minimum absolute atomic E-state index is 0.111. The molecular formula is C18H26N4O2. The maximum Gasteiger partial charge on any atom is 0.255 e. The molecule has 3 heterocycles. The van der Waals surface area contributed by atoms with Crippen molar-refractivity contribution in [3.63, 3.8) is 0 Å². The third-order valence-corrected chi connectivity index (χ3v) is 4.47. The number of amides is 1. The Morgan fingerprint density at radius 2 is 2.17 bits per heavy atom. The van der Waals surface area contributed by atoms with E-state index in [1.807, 2.05) is 13.8 Å². The first-order chi connectivity index (χ1) is 11.6. The van der Waals surface area contributed by atoms with Gasteiger partial charge >= 0.3 is 0 Å². The van der Waals surface area contributed by atoms with E-state index in [2.05, 4.69) is 33.0 Å². The SMILES string of the molecule is CCCCN1CCn2nc(CNC(=O)c3cc(C)oc3C)cc2C1. The van der Waals surface area contributed by atoms with Gasteiger partial charge in [-0.3, -0.25) is 14.4 Å². The lowest BCUT2D eigenvalue weighted by molar-refractivity contribution is 0.0949. The molecule has 130 valence electrons. The summed E-state index contributed by atoms with van der Waals surface area (Å²) in [6.45, 7) is 10.4. The van der Waals surface area contributed by atoms with Crippen molar-refractivity contribution in [2.75, 3.05) is 13.1 Å². The van der Waals surface area contributed by atoms with Gasteiger partial charge in [0, 0.05) is 13.1 Å². The maximum atomic E-state index is 12.3. The van der Waals surface area contributed by atoms with Gasteiger partial charge < -0.3 is 9.73 Å². The van der Waals surface area contributed by atoms with Crippen LogP contribution in [-0.2, 0) is 19.6 Å². The second-order valence-electron chi connectivity index (χ2n) is 6.49. The smallest absolute Gasteiger partial charge is 0.255 e. The molecule has 3 rings (SSSR count). The summed E-state index contributed by atoms with van der Waals surface area (Å²) in [5, 5.41) is 7.55. The Balaban J connectivity index is 1.58. The summed E-state index contributed by atoms with van der Waals surface area (Å²) < 4.78 is 7.48. The third-order valence-electron chi connectivity index (χ3n) is 4.47. The van der Waals surface area contributed by atoms with Crippen LogP contribution in [0.2, 0.25) is 0 Å². The van der Waals surface area contributed by atoms with E-state index < -0.39 is 0 Å². The molecule has 0 unspecified atom stereocenters. The molecule has 1 N–H and O–H groups in total. The highest BCUT2D eigenvalue weighted by molar-refractivity contribution is 5.95. The molecule has 6 heteroatoms. The molecule has 0 aromatic carbocycles. The first kappa shape index (κ1) is 16.8. The van der Waals surface area contributed by atoms with E-state index in [0.29, 0.717) is 17.9 Å². The molecule has 0 fully saturated rings. The van der Waals surface area contributed by atoms with Gasteiger partial charge in [0.2, 0.25) is 0 Å². The maximum absolute atomic E-state index is 12.3. The molecule has 0 radical (unpaired) electrons. The average Bonchev–Trinajstić information content (AvgIpc) is 3.12. The molecule has 1 amide bonds. The van der Waals surface area contributed by atoms with Crippen LogP contribution in [0.25, 0.3) is 0 Å². The first-order valence-electron chi connectivity index (χ1n) is 8.70. The highest BCUT2D eigenvalue weighted by Gasteiger charge is 2.19. The number of aromatic nitrogens is 2. The van der Waals surface area contributed by atoms with Gasteiger partial charge in [0.15, 0.2) is 0 Å². The topological polar surface area (TPSA) is 63.3 Å². The highest BCUT2D eigenvalue weighted by atomic mass is 16.3. The molecule has 1 aliphatic heterocycles. The van der Waals surface area contributed by atoms with E-state index >= 15 is 0 Å². The molecule has 24 heavy (non-hydrogen) atoms. The second-order valence-corrected chi connectivity index (χ2v) is 6.49. The van der Waals surface area contributed by atoms with Crippen LogP contribution in [0.5, 0.6) is 0 Å². The summed E-state index contributed by atoms with van der Waals surface area (Å²) in [6, 6.07) is 3.88. The van der Waals surface area contributed by atoms with Crippen LogP contribution < -0.4 is 5.32 Å². The number of rotatable bonds is 6. The number of nitrogens with one attached hydrogen (secondary N) is 1. The van der Waals surface area contributed by atoms with Crippen LogP contribution in [0.4, 0.5) is 0 Å². The molecular weight excluding hydrogens is 304 g/mol. The summed E-state index contributed by atoms with van der Waals surface area (Å²) in [6.07, 6.45) is 2.46. The number of hydrogen-bond donors (Lipinski definition) is 1. The summed E-state index contributed by atoms with van der Waals surface area (Å²) in [5.74, 6) is 1.29.